The van der Waals surface area contributed by atoms with Gasteiger partial charge in [-0.2, -0.15) is 0 Å². The van der Waals surface area contributed by atoms with Crippen molar-refractivity contribution in [3.05, 3.63) is 53.2 Å². The molecule has 0 saturated carbocycles. The highest BCUT2D eigenvalue weighted by atomic mass is 16.3. The van der Waals surface area contributed by atoms with Gasteiger partial charge in [0, 0.05) is 36.8 Å². The number of hydrogen-bond acceptors (Lipinski definition) is 6. The second-order valence-electron chi connectivity index (χ2n) is 10.5. The van der Waals surface area contributed by atoms with Gasteiger partial charge in [0.15, 0.2) is 0 Å². The molecule has 5 rings (SSSR count). The molecule has 2 aromatic rings. The van der Waals surface area contributed by atoms with E-state index in [1.54, 1.807) is 4.90 Å². The van der Waals surface area contributed by atoms with Crippen LogP contribution in [-0.4, -0.2) is 62.3 Å². The lowest BCUT2D eigenvalue weighted by atomic mass is 9.83. The summed E-state index contributed by atoms with van der Waals surface area (Å²) in [5.41, 5.74) is 3.81. The zero-order valence-electron chi connectivity index (χ0n) is 20.3. The summed E-state index contributed by atoms with van der Waals surface area (Å²) in [4.78, 5) is 45.3. The third-order valence-corrected chi connectivity index (χ3v) is 7.64. The summed E-state index contributed by atoms with van der Waals surface area (Å²) < 4.78 is 0. The molecule has 8 heteroatoms. The van der Waals surface area contributed by atoms with Crippen molar-refractivity contribution in [2.45, 2.75) is 64.3 Å². The Kier molecular flexibility index (Phi) is 6.19. The van der Waals surface area contributed by atoms with Crippen LogP contribution in [0.2, 0.25) is 0 Å². The van der Waals surface area contributed by atoms with Gasteiger partial charge in [-0.1, -0.05) is 6.07 Å². The number of amides is 3. The molecule has 0 aliphatic carbocycles. The number of benzene rings is 1. The number of aromatic nitrogens is 1. The summed E-state index contributed by atoms with van der Waals surface area (Å²) in [7, 11) is 0. The SMILES string of the molecule is CC(C)(O)C1CCN(Cc2ccnc(-c3ccc4c(c3)CN(C3CCC(=O)NC3=O)C4=O)c2)CC1. The van der Waals surface area contributed by atoms with Gasteiger partial charge in [-0.05, 0) is 87.5 Å². The maximum Gasteiger partial charge on any atom is 0.255 e. The molecule has 3 aliphatic rings. The zero-order chi connectivity index (χ0) is 24.7. The summed E-state index contributed by atoms with van der Waals surface area (Å²) in [5.74, 6) is -0.522. The molecule has 2 saturated heterocycles. The van der Waals surface area contributed by atoms with Crippen LogP contribution in [0.15, 0.2) is 36.5 Å². The second kappa shape index (κ2) is 9.17. The molecule has 1 atom stereocenters. The fourth-order valence-electron chi connectivity index (χ4n) is 5.52. The molecule has 2 N–H and O–H groups in total. The van der Waals surface area contributed by atoms with Crippen LogP contribution in [-0.2, 0) is 22.7 Å². The first kappa shape index (κ1) is 23.6. The molecule has 2 fully saturated rings. The van der Waals surface area contributed by atoms with E-state index in [2.05, 4.69) is 21.3 Å². The van der Waals surface area contributed by atoms with Gasteiger partial charge >= 0.3 is 0 Å². The number of nitrogens with zero attached hydrogens (tertiary/aromatic N) is 3. The van der Waals surface area contributed by atoms with Crippen LogP contribution >= 0.6 is 0 Å². The Hall–Kier alpha value is -3.10. The molecule has 3 amide bonds. The number of piperidine rings is 2. The number of hydrogen-bond donors (Lipinski definition) is 2. The molecule has 4 heterocycles. The molecular weight excluding hydrogens is 444 g/mol. The molecule has 184 valence electrons. The summed E-state index contributed by atoms with van der Waals surface area (Å²) in [5, 5.41) is 12.6. The standard InChI is InChI=1S/C27H32N4O4/c1-27(2,35)20-8-11-30(12-9-20)15-17-7-10-28-22(13-17)18-3-4-21-19(14-18)16-31(26(21)34)23-5-6-24(32)29-25(23)33/h3-4,7,10,13-14,20,23,35H,5-6,8-9,11-12,15-16H2,1-2H3,(H,29,32,33). The van der Waals surface area contributed by atoms with E-state index in [9.17, 15) is 19.5 Å². The molecule has 0 radical (unpaired) electrons. The van der Waals surface area contributed by atoms with Crippen molar-refractivity contribution in [1.29, 1.82) is 0 Å². The molecule has 3 aliphatic heterocycles. The minimum Gasteiger partial charge on any atom is -0.390 e. The Bertz CT molecular complexity index is 1160. The van der Waals surface area contributed by atoms with Gasteiger partial charge in [-0.25, -0.2) is 0 Å². The number of carbonyl (C=O) groups excluding carboxylic acids is 3. The highest BCUT2D eigenvalue weighted by molar-refractivity contribution is 6.05. The first-order valence-corrected chi connectivity index (χ1v) is 12.4. The summed E-state index contributed by atoms with van der Waals surface area (Å²) in [6, 6.07) is 9.23. The number of carbonyl (C=O) groups is 3. The average Bonchev–Trinajstić information content (AvgIpc) is 3.14. The fourth-order valence-corrected chi connectivity index (χ4v) is 5.52. The molecule has 1 aromatic carbocycles. The van der Waals surface area contributed by atoms with E-state index in [1.165, 1.54) is 5.56 Å². The molecule has 8 nitrogen and oxygen atoms in total. The second-order valence-corrected chi connectivity index (χ2v) is 10.5. The van der Waals surface area contributed by atoms with Crippen LogP contribution in [0.5, 0.6) is 0 Å². The highest BCUT2D eigenvalue weighted by Gasteiger charge is 2.39. The van der Waals surface area contributed by atoms with Crippen molar-refractivity contribution >= 4 is 17.7 Å². The maximum absolute atomic E-state index is 13.0. The molecular formula is C27H32N4O4. The molecule has 35 heavy (non-hydrogen) atoms. The summed E-state index contributed by atoms with van der Waals surface area (Å²) in [6.07, 6.45) is 4.40. The monoisotopic (exact) mass is 476 g/mol. The number of pyridine rings is 1. The lowest BCUT2D eigenvalue weighted by Gasteiger charge is -2.37. The van der Waals surface area contributed by atoms with Crippen LogP contribution in [0, 0.1) is 5.92 Å². The Morgan fingerprint density at radius 3 is 2.57 bits per heavy atom. The van der Waals surface area contributed by atoms with Gasteiger partial charge in [0.2, 0.25) is 11.8 Å². The normalized spacial score (nSPS) is 21.9. The number of fused-ring (bicyclic) bond motifs is 1. The van der Waals surface area contributed by atoms with E-state index in [1.807, 2.05) is 44.3 Å². The number of nitrogens with one attached hydrogen (secondary N) is 1. The quantitative estimate of drug-likeness (QED) is 0.643. The van der Waals surface area contributed by atoms with Gasteiger partial charge in [-0.15, -0.1) is 0 Å². The minimum absolute atomic E-state index is 0.169. The third-order valence-electron chi connectivity index (χ3n) is 7.64. The van der Waals surface area contributed by atoms with Crippen LogP contribution in [0.1, 0.15) is 61.0 Å². The Morgan fingerprint density at radius 2 is 1.86 bits per heavy atom. The van der Waals surface area contributed by atoms with Crippen LogP contribution < -0.4 is 5.32 Å². The van der Waals surface area contributed by atoms with Crippen LogP contribution in [0.3, 0.4) is 0 Å². The van der Waals surface area contributed by atoms with Gasteiger partial charge in [-0.3, -0.25) is 29.6 Å². The Balaban J connectivity index is 1.28. The van der Waals surface area contributed by atoms with Crippen LogP contribution in [0.25, 0.3) is 11.3 Å². The van der Waals surface area contributed by atoms with E-state index in [4.69, 9.17) is 0 Å². The van der Waals surface area contributed by atoms with E-state index >= 15 is 0 Å². The average molecular weight is 477 g/mol. The molecule has 0 bridgehead atoms. The Morgan fingerprint density at radius 1 is 1.09 bits per heavy atom. The molecule has 1 unspecified atom stereocenters. The zero-order valence-corrected chi connectivity index (χ0v) is 20.3. The first-order valence-electron chi connectivity index (χ1n) is 12.4. The third kappa shape index (κ3) is 4.86. The van der Waals surface area contributed by atoms with Gasteiger partial charge in [0.1, 0.15) is 6.04 Å². The topological polar surface area (TPSA) is 103 Å². The number of aliphatic hydroxyl groups is 1. The van der Waals surface area contributed by atoms with Gasteiger partial charge in [0.05, 0.1) is 11.3 Å². The minimum atomic E-state index is -0.626. The van der Waals surface area contributed by atoms with Gasteiger partial charge < -0.3 is 10.0 Å². The number of likely N-dealkylation sites (tertiary alicyclic amines) is 1. The summed E-state index contributed by atoms with van der Waals surface area (Å²) in [6.45, 7) is 6.91. The van der Waals surface area contributed by atoms with Crippen LogP contribution in [0.4, 0.5) is 0 Å². The van der Waals surface area contributed by atoms with E-state index in [0.717, 1.165) is 49.3 Å². The molecule has 0 spiro atoms. The maximum atomic E-state index is 13.0. The van der Waals surface area contributed by atoms with Crippen molar-refractivity contribution in [2.24, 2.45) is 5.92 Å². The van der Waals surface area contributed by atoms with Crippen molar-refractivity contribution in [3.63, 3.8) is 0 Å². The van der Waals surface area contributed by atoms with Crippen molar-refractivity contribution in [2.75, 3.05) is 13.1 Å². The first-order chi connectivity index (χ1) is 16.7. The van der Waals surface area contributed by atoms with Gasteiger partial charge in [0.25, 0.3) is 5.91 Å². The predicted molar refractivity (Wildman–Crippen MR) is 130 cm³/mol. The summed E-state index contributed by atoms with van der Waals surface area (Å²) >= 11 is 0. The smallest absolute Gasteiger partial charge is 0.255 e. The number of imide groups is 1. The van der Waals surface area contributed by atoms with Crippen molar-refractivity contribution in [1.82, 2.24) is 20.1 Å². The van der Waals surface area contributed by atoms with Crippen molar-refractivity contribution < 1.29 is 19.5 Å². The fraction of sp³-hybridized carbons (Fsp3) is 0.481. The Labute approximate surface area is 205 Å². The molecule has 1 aromatic heterocycles. The largest absolute Gasteiger partial charge is 0.390 e. The lowest BCUT2D eigenvalue weighted by Crippen LogP contribution is -2.52. The van der Waals surface area contributed by atoms with E-state index in [-0.39, 0.29) is 18.2 Å². The number of rotatable bonds is 5. The highest BCUT2D eigenvalue weighted by Crippen LogP contribution is 2.32. The predicted octanol–water partition coefficient (Wildman–Crippen LogP) is 2.49. The van der Waals surface area contributed by atoms with Crippen molar-refractivity contribution in [3.8, 4) is 11.3 Å². The van der Waals surface area contributed by atoms with E-state index in [0.29, 0.717) is 24.4 Å². The lowest BCUT2D eigenvalue weighted by molar-refractivity contribution is -0.136. The van der Waals surface area contributed by atoms with E-state index < -0.39 is 17.6 Å².